The van der Waals surface area contributed by atoms with Crippen molar-refractivity contribution in [2.24, 2.45) is 16.8 Å². The monoisotopic (exact) mass is 594 g/mol. The van der Waals surface area contributed by atoms with Crippen LogP contribution in [0.2, 0.25) is 0 Å². The molecule has 0 saturated carbocycles. The highest BCUT2D eigenvalue weighted by Crippen LogP contribution is 2.12. The average Bonchev–Trinajstić information content (AvgIpc) is 2.96. The summed E-state index contributed by atoms with van der Waals surface area (Å²) in [5.41, 5.74) is 14.4. The molecule has 0 bridgehead atoms. The van der Waals surface area contributed by atoms with E-state index in [9.17, 15) is 24.3 Å². The van der Waals surface area contributed by atoms with Gasteiger partial charge in [-0.15, -0.1) is 0 Å². The van der Waals surface area contributed by atoms with Gasteiger partial charge in [0.2, 0.25) is 17.7 Å². The van der Waals surface area contributed by atoms with Crippen molar-refractivity contribution in [2.75, 3.05) is 58.0 Å². The van der Waals surface area contributed by atoms with Gasteiger partial charge in [-0.2, -0.15) is 0 Å². The predicted octanol–water partition coefficient (Wildman–Crippen LogP) is 0.552. The molecular formula is C26H42N8O8. The summed E-state index contributed by atoms with van der Waals surface area (Å²) in [6, 6.07) is 3.95. The molecule has 16 nitrogen and oxygen atoms in total. The van der Waals surface area contributed by atoms with Crippen molar-refractivity contribution in [1.82, 2.24) is 16.0 Å². The van der Waals surface area contributed by atoms with Gasteiger partial charge < -0.3 is 46.3 Å². The lowest BCUT2D eigenvalue weighted by Crippen LogP contribution is -2.55. The second kappa shape index (κ2) is 21.8. The molecule has 1 aromatic carbocycles. The van der Waals surface area contributed by atoms with Crippen LogP contribution in [0.15, 0.2) is 29.4 Å². The van der Waals surface area contributed by atoms with Crippen molar-refractivity contribution in [3.63, 3.8) is 0 Å². The Morgan fingerprint density at radius 2 is 1.62 bits per heavy atom. The summed E-state index contributed by atoms with van der Waals surface area (Å²) in [5.74, 6) is -1.86. The Morgan fingerprint density at radius 3 is 2.21 bits per heavy atom. The Bertz CT molecular complexity index is 1020. The second-order valence-electron chi connectivity index (χ2n) is 9.36. The molecule has 0 aliphatic carbocycles. The van der Waals surface area contributed by atoms with Crippen LogP contribution in [0.5, 0.6) is 0 Å². The van der Waals surface area contributed by atoms with E-state index in [1.165, 1.54) is 0 Å². The lowest BCUT2D eigenvalue weighted by Gasteiger charge is -2.25. The summed E-state index contributed by atoms with van der Waals surface area (Å²) < 4.78 is 15.8. The van der Waals surface area contributed by atoms with Crippen LogP contribution < -0.4 is 27.0 Å². The Labute approximate surface area is 244 Å². The van der Waals surface area contributed by atoms with E-state index in [0.29, 0.717) is 37.5 Å². The Hall–Kier alpha value is -3.95. The first-order valence-corrected chi connectivity index (χ1v) is 13.6. The van der Waals surface area contributed by atoms with E-state index >= 15 is 0 Å². The predicted molar refractivity (Wildman–Crippen MR) is 153 cm³/mol. The Balaban J connectivity index is 2.60. The molecule has 0 aromatic heterocycles. The standard InChI is InChI=1S/C26H42N8O8/c1-18(2)23(33-22(36)17-42-15-14-41-13-12-40-11-10-30-34-28)25(38)32-21(4-3-9-29-26(27)39)24(37)31-20-7-5-19(16-35)6-8-20/h5-8,18,21,23,35H,3-4,9-17H2,1-2H3,(H,31,37)(H,32,38)(H,33,36)(H3,27,29,39)/t21-,23-/m0/s1. The lowest BCUT2D eigenvalue weighted by molar-refractivity contribution is -0.134. The highest BCUT2D eigenvalue weighted by atomic mass is 16.5. The van der Waals surface area contributed by atoms with Crippen LogP contribution in [0.3, 0.4) is 0 Å². The van der Waals surface area contributed by atoms with Gasteiger partial charge in [-0.25, -0.2) is 4.79 Å². The van der Waals surface area contributed by atoms with E-state index in [-0.39, 0.29) is 51.9 Å². The number of azide groups is 1. The van der Waals surface area contributed by atoms with E-state index in [2.05, 4.69) is 31.3 Å². The molecule has 1 aromatic rings. The molecule has 0 fully saturated rings. The highest BCUT2D eigenvalue weighted by molar-refractivity contribution is 5.98. The van der Waals surface area contributed by atoms with Gasteiger partial charge in [-0.3, -0.25) is 14.4 Å². The minimum absolute atomic E-state index is 0.140. The number of primary amides is 1. The second-order valence-corrected chi connectivity index (χ2v) is 9.36. The Morgan fingerprint density at radius 1 is 0.976 bits per heavy atom. The van der Waals surface area contributed by atoms with Gasteiger partial charge in [-0.05, 0) is 42.0 Å². The zero-order valence-corrected chi connectivity index (χ0v) is 24.0. The summed E-state index contributed by atoms with van der Waals surface area (Å²) in [6.07, 6.45) is 0.536. The first-order chi connectivity index (χ1) is 20.2. The molecule has 7 N–H and O–H groups in total. The fourth-order valence-corrected chi connectivity index (χ4v) is 3.48. The molecular weight excluding hydrogens is 552 g/mol. The number of ether oxygens (including phenoxy) is 3. The first-order valence-electron chi connectivity index (χ1n) is 13.6. The number of carbonyl (C=O) groups is 4. The van der Waals surface area contributed by atoms with E-state index < -0.39 is 35.8 Å². The lowest BCUT2D eigenvalue weighted by atomic mass is 10.0. The number of hydrogen-bond donors (Lipinski definition) is 6. The SMILES string of the molecule is CC(C)[C@H](NC(=O)COCCOCCOCCN=[N+]=[N-])C(=O)N[C@@H](CCCNC(N)=O)C(=O)Nc1ccc(CO)cc1. The van der Waals surface area contributed by atoms with Crippen LogP contribution in [0, 0.1) is 5.92 Å². The molecule has 0 heterocycles. The molecule has 0 unspecified atom stereocenters. The third-order valence-corrected chi connectivity index (χ3v) is 5.65. The molecule has 16 heteroatoms. The van der Waals surface area contributed by atoms with Crippen LogP contribution in [-0.2, 0) is 35.2 Å². The van der Waals surface area contributed by atoms with E-state index in [4.69, 9.17) is 25.5 Å². The number of urea groups is 1. The van der Waals surface area contributed by atoms with Crippen molar-refractivity contribution >= 4 is 29.4 Å². The van der Waals surface area contributed by atoms with Crippen molar-refractivity contribution in [3.8, 4) is 0 Å². The van der Waals surface area contributed by atoms with Crippen LogP contribution in [0.1, 0.15) is 32.3 Å². The third kappa shape index (κ3) is 16.3. The van der Waals surface area contributed by atoms with Crippen LogP contribution in [0.4, 0.5) is 10.5 Å². The first kappa shape index (κ1) is 36.1. The molecule has 0 saturated heterocycles. The maximum absolute atomic E-state index is 13.2. The topological polar surface area (TPSA) is 239 Å². The van der Waals surface area contributed by atoms with E-state index in [0.717, 1.165) is 0 Å². The summed E-state index contributed by atoms with van der Waals surface area (Å²) >= 11 is 0. The highest BCUT2D eigenvalue weighted by Gasteiger charge is 2.28. The maximum atomic E-state index is 13.2. The summed E-state index contributed by atoms with van der Waals surface area (Å²) in [5, 5.41) is 23.1. The van der Waals surface area contributed by atoms with Gasteiger partial charge in [0.05, 0.1) is 39.6 Å². The molecule has 2 atom stereocenters. The zero-order chi connectivity index (χ0) is 31.2. The normalized spacial score (nSPS) is 12.1. The maximum Gasteiger partial charge on any atom is 0.312 e. The number of anilines is 1. The van der Waals surface area contributed by atoms with Gasteiger partial charge in [0.25, 0.3) is 0 Å². The van der Waals surface area contributed by atoms with Crippen LogP contribution >= 0.6 is 0 Å². The number of aliphatic hydroxyl groups is 1. The molecule has 1 rings (SSSR count). The van der Waals surface area contributed by atoms with Gasteiger partial charge >= 0.3 is 6.03 Å². The van der Waals surface area contributed by atoms with Crippen molar-refractivity contribution in [2.45, 2.75) is 45.4 Å². The number of carbonyl (C=O) groups excluding carboxylic acids is 4. The third-order valence-electron chi connectivity index (χ3n) is 5.65. The molecule has 42 heavy (non-hydrogen) atoms. The number of benzene rings is 1. The van der Waals surface area contributed by atoms with Gasteiger partial charge in [0, 0.05) is 23.7 Å². The van der Waals surface area contributed by atoms with Crippen LogP contribution in [-0.4, -0.2) is 93.7 Å². The van der Waals surface area contributed by atoms with Crippen molar-refractivity contribution in [1.29, 1.82) is 0 Å². The molecule has 0 radical (unpaired) electrons. The minimum Gasteiger partial charge on any atom is -0.392 e. The quantitative estimate of drug-likeness (QED) is 0.0478. The van der Waals surface area contributed by atoms with E-state index in [1.54, 1.807) is 38.1 Å². The number of nitrogens with zero attached hydrogens (tertiary/aromatic N) is 3. The zero-order valence-electron chi connectivity index (χ0n) is 24.0. The van der Waals surface area contributed by atoms with E-state index in [1.807, 2.05) is 0 Å². The smallest absolute Gasteiger partial charge is 0.312 e. The van der Waals surface area contributed by atoms with Gasteiger partial charge in [-0.1, -0.05) is 31.1 Å². The summed E-state index contributed by atoms with van der Waals surface area (Å²) in [7, 11) is 0. The molecule has 0 aliphatic rings. The van der Waals surface area contributed by atoms with Crippen molar-refractivity contribution in [3.05, 3.63) is 40.3 Å². The number of hydrogen-bond acceptors (Lipinski definition) is 9. The molecule has 0 spiro atoms. The number of aliphatic hydroxyl groups excluding tert-OH is 1. The minimum atomic E-state index is -0.973. The molecule has 5 amide bonds. The fraction of sp³-hybridized carbons (Fsp3) is 0.615. The average molecular weight is 595 g/mol. The summed E-state index contributed by atoms with van der Waals surface area (Å²) in [4.78, 5) is 52.2. The number of nitrogens with two attached hydrogens (primary N) is 1. The number of nitrogens with one attached hydrogen (secondary N) is 4. The van der Waals surface area contributed by atoms with Gasteiger partial charge in [0.1, 0.15) is 18.7 Å². The van der Waals surface area contributed by atoms with Crippen LogP contribution in [0.25, 0.3) is 10.4 Å². The molecule has 0 aliphatic heterocycles. The largest absolute Gasteiger partial charge is 0.392 e. The fourth-order valence-electron chi connectivity index (χ4n) is 3.48. The molecule has 234 valence electrons. The van der Waals surface area contributed by atoms with Gasteiger partial charge in [0.15, 0.2) is 0 Å². The van der Waals surface area contributed by atoms with Crippen molar-refractivity contribution < 1.29 is 38.5 Å². The Kier molecular flexibility index (Phi) is 18.7. The summed E-state index contributed by atoms with van der Waals surface area (Å²) in [6.45, 7) is 4.82. The number of amides is 5. The number of rotatable bonds is 22.